The van der Waals surface area contributed by atoms with Crippen LogP contribution in [0.4, 0.5) is 0 Å². The summed E-state index contributed by atoms with van der Waals surface area (Å²) in [6.45, 7) is 2.73. The first-order valence-electron chi connectivity index (χ1n) is 7.18. The van der Waals surface area contributed by atoms with Crippen molar-refractivity contribution in [1.82, 2.24) is 5.32 Å². The molecule has 0 saturated heterocycles. The highest BCUT2D eigenvalue weighted by Crippen LogP contribution is 2.20. The van der Waals surface area contributed by atoms with Gasteiger partial charge >= 0.3 is 5.97 Å². The molecule has 0 aliphatic heterocycles. The molecule has 0 aromatic heterocycles. The van der Waals surface area contributed by atoms with Crippen LogP contribution in [0.3, 0.4) is 0 Å². The quantitative estimate of drug-likeness (QED) is 0.711. The summed E-state index contributed by atoms with van der Waals surface area (Å²) in [7, 11) is 0. The van der Waals surface area contributed by atoms with Gasteiger partial charge in [-0.3, -0.25) is 9.59 Å². The first kappa shape index (κ1) is 15.0. The fraction of sp³-hybridized carbons (Fsp3) is 0.857. The monoisotopic (exact) mass is 255 g/mol. The molecule has 0 unspecified atom stereocenters. The molecule has 0 aromatic carbocycles. The number of ether oxygens (including phenoxy) is 1. The highest BCUT2D eigenvalue weighted by atomic mass is 16.5. The zero-order chi connectivity index (χ0) is 13.2. The molecule has 1 aliphatic carbocycles. The van der Waals surface area contributed by atoms with Gasteiger partial charge in [-0.05, 0) is 38.5 Å². The molecule has 0 radical (unpaired) electrons. The molecule has 18 heavy (non-hydrogen) atoms. The Hall–Kier alpha value is -1.06. The van der Waals surface area contributed by atoms with Crippen molar-refractivity contribution in [3.05, 3.63) is 0 Å². The first-order valence-corrected chi connectivity index (χ1v) is 7.18. The van der Waals surface area contributed by atoms with Crippen LogP contribution in [-0.4, -0.2) is 24.5 Å². The molecule has 0 bridgehead atoms. The molecule has 0 aromatic rings. The predicted molar refractivity (Wildman–Crippen MR) is 70.1 cm³/mol. The van der Waals surface area contributed by atoms with Gasteiger partial charge < -0.3 is 10.1 Å². The summed E-state index contributed by atoms with van der Waals surface area (Å²) in [5.41, 5.74) is 0. The van der Waals surface area contributed by atoms with Crippen LogP contribution in [0.15, 0.2) is 0 Å². The average Bonchev–Trinajstić information content (AvgIpc) is 2.37. The molecule has 4 nitrogen and oxygen atoms in total. The van der Waals surface area contributed by atoms with E-state index in [1.807, 2.05) is 6.92 Å². The third-order valence-corrected chi connectivity index (χ3v) is 3.21. The number of rotatable bonds is 7. The van der Waals surface area contributed by atoms with Gasteiger partial charge in [-0.1, -0.05) is 13.3 Å². The van der Waals surface area contributed by atoms with Gasteiger partial charge in [0, 0.05) is 19.4 Å². The van der Waals surface area contributed by atoms with E-state index in [1.165, 1.54) is 6.42 Å². The van der Waals surface area contributed by atoms with Crippen LogP contribution in [0, 0.1) is 0 Å². The number of carbonyl (C=O) groups is 2. The van der Waals surface area contributed by atoms with Gasteiger partial charge in [0.1, 0.15) is 6.10 Å². The Bertz CT molecular complexity index is 260. The summed E-state index contributed by atoms with van der Waals surface area (Å²) in [6.07, 6.45) is 8.01. The third kappa shape index (κ3) is 6.62. The molecular weight excluding hydrogens is 230 g/mol. The zero-order valence-electron chi connectivity index (χ0n) is 11.4. The average molecular weight is 255 g/mol. The van der Waals surface area contributed by atoms with Crippen molar-refractivity contribution in [2.45, 2.75) is 70.8 Å². The molecule has 1 aliphatic rings. The second-order valence-electron chi connectivity index (χ2n) is 4.95. The number of carbonyl (C=O) groups excluding carboxylic acids is 2. The second kappa shape index (κ2) is 8.95. The minimum Gasteiger partial charge on any atom is -0.462 e. The molecule has 1 rings (SSSR count). The van der Waals surface area contributed by atoms with E-state index in [0.717, 1.165) is 32.1 Å². The Kier molecular flexibility index (Phi) is 7.46. The molecule has 4 heteroatoms. The summed E-state index contributed by atoms with van der Waals surface area (Å²) in [4.78, 5) is 22.9. The molecular formula is C14H25NO3. The fourth-order valence-electron chi connectivity index (χ4n) is 2.17. The van der Waals surface area contributed by atoms with Crippen molar-refractivity contribution in [1.29, 1.82) is 0 Å². The topological polar surface area (TPSA) is 55.4 Å². The predicted octanol–water partition coefficient (Wildman–Crippen LogP) is 2.56. The van der Waals surface area contributed by atoms with E-state index in [-0.39, 0.29) is 18.0 Å². The highest BCUT2D eigenvalue weighted by molar-refractivity contribution is 5.76. The van der Waals surface area contributed by atoms with E-state index in [1.54, 1.807) is 0 Å². The lowest BCUT2D eigenvalue weighted by atomic mass is 9.98. The lowest BCUT2D eigenvalue weighted by Crippen LogP contribution is -2.24. The Labute approximate surface area is 109 Å². The standard InChI is InChI=1S/C14H25NO3/c1-2-11-15-13(16)9-6-10-14(17)18-12-7-4-3-5-8-12/h12H,2-11H2,1H3,(H,15,16). The molecule has 1 saturated carbocycles. The van der Waals surface area contributed by atoms with Crippen LogP contribution in [-0.2, 0) is 14.3 Å². The fourth-order valence-corrected chi connectivity index (χ4v) is 2.17. The first-order chi connectivity index (χ1) is 8.72. The zero-order valence-corrected chi connectivity index (χ0v) is 11.4. The molecule has 0 spiro atoms. The van der Waals surface area contributed by atoms with E-state index in [0.29, 0.717) is 25.8 Å². The van der Waals surface area contributed by atoms with E-state index in [9.17, 15) is 9.59 Å². The molecule has 1 fully saturated rings. The minimum absolute atomic E-state index is 0.0299. The summed E-state index contributed by atoms with van der Waals surface area (Å²) >= 11 is 0. The number of esters is 1. The summed E-state index contributed by atoms with van der Waals surface area (Å²) < 4.78 is 5.38. The molecule has 0 heterocycles. The number of hydrogen-bond acceptors (Lipinski definition) is 3. The Morgan fingerprint density at radius 1 is 1.17 bits per heavy atom. The van der Waals surface area contributed by atoms with Crippen LogP contribution in [0.2, 0.25) is 0 Å². The van der Waals surface area contributed by atoms with Gasteiger partial charge in [0.25, 0.3) is 0 Å². The van der Waals surface area contributed by atoms with Crippen LogP contribution in [0.1, 0.15) is 64.7 Å². The molecule has 1 amide bonds. The normalized spacial score (nSPS) is 16.3. The Balaban J connectivity index is 2.04. The maximum absolute atomic E-state index is 11.6. The summed E-state index contributed by atoms with van der Waals surface area (Å²) in [5.74, 6) is -0.118. The molecule has 0 atom stereocenters. The number of hydrogen-bond donors (Lipinski definition) is 1. The number of nitrogens with one attached hydrogen (secondary N) is 1. The third-order valence-electron chi connectivity index (χ3n) is 3.21. The second-order valence-corrected chi connectivity index (χ2v) is 4.95. The van der Waals surface area contributed by atoms with Crippen molar-refractivity contribution >= 4 is 11.9 Å². The maximum atomic E-state index is 11.6. The van der Waals surface area contributed by atoms with Gasteiger partial charge in [0.2, 0.25) is 5.91 Å². The smallest absolute Gasteiger partial charge is 0.306 e. The van der Waals surface area contributed by atoms with Crippen molar-refractivity contribution in [3.63, 3.8) is 0 Å². The van der Waals surface area contributed by atoms with E-state index < -0.39 is 0 Å². The Morgan fingerprint density at radius 3 is 2.56 bits per heavy atom. The number of amides is 1. The highest BCUT2D eigenvalue weighted by Gasteiger charge is 2.17. The van der Waals surface area contributed by atoms with Gasteiger partial charge in [-0.15, -0.1) is 0 Å². The van der Waals surface area contributed by atoms with Crippen LogP contribution in [0.25, 0.3) is 0 Å². The Morgan fingerprint density at radius 2 is 1.89 bits per heavy atom. The summed E-state index contributed by atoms with van der Waals surface area (Å²) in [6, 6.07) is 0. The maximum Gasteiger partial charge on any atom is 0.306 e. The van der Waals surface area contributed by atoms with Gasteiger partial charge in [-0.2, -0.15) is 0 Å². The van der Waals surface area contributed by atoms with E-state index >= 15 is 0 Å². The van der Waals surface area contributed by atoms with Gasteiger partial charge in [-0.25, -0.2) is 0 Å². The van der Waals surface area contributed by atoms with E-state index in [2.05, 4.69) is 5.32 Å². The SMILES string of the molecule is CCCNC(=O)CCCC(=O)OC1CCCCC1. The van der Waals surface area contributed by atoms with Crippen molar-refractivity contribution in [3.8, 4) is 0 Å². The van der Waals surface area contributed by atoms with Gasteiger partial charge in [0.05, 0.1) is 0 Å². The lowest BCUT2D eigenvalue weighted by Gasteiger charge is -2.21. The summed E-state index contributed by atoms with van der Waals surface area (Å²) in [5, 5.41) is 2.80. The molecule has 1 N–H and O–H groups in total. The molecule has 104 valence electrons. The van der Waals surface area contributed by atoms with Crippen LogP contribution >= 0.6 is 0 Å². The van der Waals surface area contributed by atoms with Crippen molar-refractivity contribution in [2.24, 2.45) is 0 Å². The lowest BCUT2D eigenvalue weighted by molar-refractivity contribution is -0.150. The van der Waals surface area contributed by atoms with Crippen molar-refractivity contribution in [2.75, 3.05) is 6.54 Å². The minimum atomic E-state index is -0.148. The largest absolute Gasteiger partial charge is 0.462 e. The van der Waals surface area contributed by atoms with Gasteiger partial charge in [0.15, 0.2) is 0 Å². The van der Waals surface area contributed by atoms with Crippen LogP contribution < -0.4 is 5.32 Å². The van der Waals surface area contributed by atoms with Crippen LogP contribution in [0.5, 0.6) is 0 Å². The van der Waals surface area contributed by atoms with E-state index in [4.69, 9.17) is 4.74 Å². The van der Waals surface area contributed by atoms with Crippen molar-refractivity contribution < 1.29 is 14.3 Å².